The molecule has 0 spiro atoms. The van der Waals surface area contributed by atoms with E-state index in [-0.39, 0.29) is 18.3 Å². The molecule has 0 heterocycles. The van der Waals surface area contributed by atoms with E-state index in [0.29, 0.717) is 5.55 Å². The highest BCUT2D eigenvalue weighted by molar-refractivity contribution is 7.78. The zero-order chi connectivity index (χ0) is 17.6. The third-order valence-electron chi connectivity index (χ3n) is 2.58. The molecule has 0 aromatic heterocycles. The lowest BCUT2D eigenvalue weighted by atomic mass is 10.2. The molecule has 134 valence electrons. The summed E-state index contributed by atoms with van der Waals surface area (Å²) in [6.45, 7) is 14.6. The molecule has 0 aromatic carbocycles. The van der Waals surface area contributed by atoms with E-state index in [4.69, 9.17) is 18.4 Å². The second kappa shape index (κ2) is 14.6. The molecule has 0 aliphatic heterocycles. The maximum Gasteiger partial charge on any atom is 0.501 e. The standard InChI is InChI=1S/C15H34O3Si.CH2OS/c1-8-9-10-11-12-19(16-13(2)3,17-14(4)5)18-15(6)7;2-1-3/h13-15H,8-12H2,1-7H3;1H,(H,2,3). The van der Waals surface area contributed by atoms with Crippen LogP contribution in [0.2, 0.25) is 6.04 Å². The average Bonchev–Trinajstić information content (AvgIpc) is 2.33. The van der Waals surface area contributed by atoms with Crippen LogP contribution in [0.25, 0.3) is 0 Å². The number of thiocarbonyl (C=S) groups is 1. The van der Waals surface area contributed by atoms with Crippen molar-refractivity contribution in [1.29, 1.82) is 0 Å². The van der Waals surface area contributed by atoms with Crippen LogP contribution in [0.4, 0.5) is 0 Å². The summed E-state index contributed by atoms with van der Waals surface area (Å²) < 4.78 is 18.4. The fourth-order valence-electron chi connectivity index (χ4n) is 2.11. The van der Waals surface area contributed by atoms with Gasteiger partial charge >= 0.3 is 8.80 Å². The highest BCUT2D eigenvalue weighted by Crippen LogP contribution is 2.24. The molecule has 0 radical (unpaired) electrons. The van der Waals surface area contributed by atoms with E-state index >= 15 is 0 Å². The van der Waals surface area contributed by atoms with Crippen LogP contribution < -0.4 is 0 Å². The van der Waals surface area contributed by atoms with Crippen LogP contribution in [0, 0.1) is 0 Å². The van der Waals surface area contributed by atoms with Crippen molar-refractivity contribution in [2.24, 2.45) is 0 Å². The summed E-state index contributed by atoms with van der Waals surface area (Å²) in [5.41, 5.74) is 0.583. The number of aliphatic hydroxyl groups is 1. The van der Waals surface area contributed by atoms with Crippen molar-refractivity contribution >= 4 is 26.6 Å². The maximum absolute atomic E-state index is 7.26. The average molecular weight is 353 g/mol. The normalized spacial score (nSPS) is 11.7. The molecule has 0 aromatic rings. The minimum atomic E-state index is -2.53. The highest BCUT2D eigenvalue weighted by atomic mass is 32.1. The van der Waals surface area contributed by atoms with E-state index in [1.807, 2.05) is 0 Å². The first-order valence-electron chi connectivity index (χ1n) is 8.34. The number of aliphatic hydroxyl groups excluding tert-OH is 1. The first-order chi connectivity index (χ1) is 10.2. The van der Waals surface area contributed by atoms with Gasteiger partial charge < -0.3 is 18.4 Å². The van der Waals surface area contributed by atoms with E-state index < -0.39 is 8.80 Å². The quantitative estimate of drug-likeness (QED) is 0.311. The van der Waals surface area contributed by atoms with Gasteiger partial charge in [-0.3, -0.25) is 0 Å². The Morgan fingerprint density at radius 3 is 1.50 bits per heavy atom. The summed E-state index contributed by atoms with van der Waals surface area (Å²) in [6, 6.07) is 0.932. The van der Waals surface area contributed by atoms with Gasteiger partial charge in [-0.1, -0.05) is 26.2 Å². The third kappa shape index (κ3) is 14.9. The topological polar surface area (TPSA) is 47.9 Å². The zero-order valence-corrected chi connectivity index (χ0v) is 17.2. The Balaban J connectivity index is 0. The Labute approximate surface area is 143 Å². The van der Waals surface area contributed by atoms with Gasteiger partial charge in [-0.25, -0.2) is 0 Å². The van der Waals surface area contributed by atoms with Gasteiger partial charge in [0.25, 0.3) is 0 Å². The van der Waals surface area contributed by atoms with Crippen LogP contribution in [-0.4, -0.2) is 37.8 Å². The predicted octanol–water partition coefficient (Wildman–Crippen LogP) is 5.28. The number of rotatable bonds is 11. The van der Waals surface area contributed by atoms with Crippen molar-refractivity contribution in [1.82, 2.24) is 0 Å². The fourth-order valence-corrected chi connectivity index (χ4v) is 5.46. The van der Waals surface area contributed by atoms with Crippen molar-refractivity contribution in [3.8, 4) is 0 Å². The largest absolute Gasteiger partial charge is 0.504 e. The minimum Gasteiger partial charge on any atom is -0.504 e. The molecular weight excluding hydrogens is 316 g/mol. The van der Waals surface area contributed by atoms with Crippen molar-refractivity contribution in [3.63, 3.8) is 0 Å². The van der Waals surface area contributed by atoms with Gasteiger partial charge in [0.05, 0.1) is 0 Å². The zero-order valence-electron chi connectivity index (χ0n) is 15.4. The highest BCUT2D eigenvalue weighted by Gasteiger charge is 2.43. The van der Waals surface area contributed by atoms with Gasteiger partial charge in [0, 0.05) is 24.4 Å². The summed E-state index contributed by atoms with van der Waals surface area (Å²) >= 11 is 3.82. The van der Waals surface area contributed by atoms with Crippen LogP contribution >= 0.6 is 12.2 Å². The van der Waals surface area contributed by atoms with Crippen LogP contribution in [0.5, 0.6) is 0 Å². The Bertz CT molecular complexity index is 234. The lowest BCUT2D eigenvalue weighted by Gasteiger charge is -2.34. The van der Waals surface area contributed by atoms with Crippen LogP contribution in [0.3, 0.4) is 0 Å². The second-order valence-electron chi connectivity index (χ2n) is 6.10. The van der Waals surface area contributed by atoms with Gasteiger partial charge in [0.15, 0.2) is 0 Å². The van der Waals surface area contributed by atoms with Crippen molar-refractivity contribution < 1.29 is 18.4 Å². The Morgan fingerprint density at radius 1 is 0.864 bits per heavy atom. The number of unbranched alkanes of at least 4 members (excludes halogenated alkanes) is 3. The van der Waals surface area contributed by atoms with Gasteiger partial charge in [0.2, 0.25) is 0 Å². The molecule has 0 saturated heterocycles. The van der Waals surface area contributed by atoms with E-state index in [9.17, 15) is 0 Å². The fraction of sp³-hybridized carbons (Fsp3) is 0.938. The molecule has 0 aliphatic carbocycles. The molecular formula is C16H36O4SSi. The summed E-state index contributed by atoms with van der Waals surface area (Å²) in [7, 11) is -2.53. The van der Waals surface area contributed by atoms with Crippen LogP contribution in [0.1, 0.15) is 74.1 Å². The second-order valence-corrected chi connectivity index (χ2v) is 8.88. The molecule has 0 atom stereocenters. The molecule has 22 heavy (non-hydrogen) atoms. The van der Waals surface area contributed by atoms with Crippen molar-refractivity contribution in [2.75, 3.05) is 0 Å². The lowest BCUT2D eigenvalue weighted by Crippen LogP contribution is -2.50. The molecule has 0 saturated carbocycles. The van der Waals surface area contributed by atoms with Gasteiger partial charge in [-0.15, -0.1) is 0 Å². The molecule has 4 nitrogen and oxygen atoms in total. The molecule has 0 fully saturated rings. The summed E-state index contributed by atoms with van der Waals surface area (Å²) in [6.07, 6.45) is 5.33. The third-order valence-corrected chi connectivity index (χ3v) is 6.04. The molecule has 0 rings (SSSR count). The molecule has 6 heteroatoms. The Morgan fingerprint density at radius 2 is 1.23 bits per heavy atom. The van der Waals surface area contributed by atoms with Crippen molar-refractivity contribution in [2.45, 2.75) is 98.5 Å². The monoisotopic (exact) mass is 352 g/mol. The van der Waals surface area contributed by atoms with Crippen LogP contribution in [0.15, 0.2) is 0 Å². The number of hydrogen-bond donors (Lipinski definition) is 1. The summed E-state index contributed by atoms with van der Waals surface area (Å²) in [5, 5.41) is 7.26. The molecule has 0 amide bonds. The predicted molar refractivity (Wildman–Crippen MR) is 99.6 cm³/mol. The minimum absolute atomic E-state index is 0.148. The lowest BCUT2D eigenvalue weighted by molar-refractivity contribution is 0.00278. The summed E-state index contributed by atoms with van der Waals surface area (Å²) in [5.74, 6) is 0. The smallest absolute Gasteiger partial charge is 0.501 e. The van der Waals surface area contributed by atoms with E-state index in [1.165, 1.54) is 19.3 Å². The van der Waals surface area contributed by atoms with Gasteiger partial charge in [-0.05, 0) is 60.2 Å². The van der Waals surface area contributed by atoms with E-state index in [1.54, 1.807) is 0 Å². The molecule has 1 N–H and O–H groups in total. The van der Waals surface area contributed by atoms with Gasteiger partial charge in [-0.2, -0.15) is 0 Å². The first kappa shape index (κ1) is 24.2. The van der Waals surface area contributed by atoms with E-state index in [2.05, 4.69) is 60.7 Å². The van der Waals surface area contributed by atoms with E-state index in [0.717, 1.165) is 12.5 Å². The molecule has 0 unspecified atom stereocenters. The first-order valence-corrected chi connectivity index (χ1v) is 10.7. The van der Waals surface area contributed by atoms with Crippen molar-refractivity contribution in [3.05, 3.63) is 0 Å². The van der Waals surface area contributed by atoms with Gasteiger partial charge in [0.1, 0.15) is 5.55 Å². The SMILES string of the molecule is CCCCCC[Si](OC(C)C)(OC(C)C)OC(C)C.OC=S. The van der Waals surface area contributed by atoms with Crippen LogP contribution in [-0.2, 0) is 13.3 Å². The molecule has 0 bridgehead atoms. The Kier molecular flexibility index (Phi) is 16.1. The Hall–Kier alpha value is -0.0131. The molecule has 0 aliphatic rings. The maximum atomic E-state index is 7.26. The summed E-state index contributed by atoms with van der Waals surface area (Å²) in [4.78, 5) is 0. The number of hydrogen-bond acceptors (Lipinski definition) is 4.